The van der Waals surface area contributed by atoms with Crippen molar-refractivity contribution in [3.8, 4) is 0 Å². The molecule has 0 bridgehead atoms. The Morgan fingerprint density at radius 3 is 2.35 bits per heavy atom. The van der Waals surface area contributed by atoms with Crippen LogP contribution in [-0.2, 0) is 19.1 Å². The van der Waals surface area contributed by atoms with Gasteiger partial charge in [0, 0.05) is 0 Å². The van der Waals surface area contributed by atoms with Crippen molar-refractivity contribution < 1.29 is 29.0 Å². The minimum Gasteiger partial charge on any atom is -0.443 e. The van der Waals surface area contributed by atoms with E-state index in [1.165, 1.54) is 12.1 Å². The summed E-state index contributed by atoms with van der Waals surface area (Å²) in [6, 6.07) is 7.91. The van der Waals surface area contributed by atoms with Crippen LogP contribution in [0.2, 0.25) is 0 Å². The van der Waals surface area contributed by atoms with Gasteiger partial charge in [-0.3, -0.25) is 0 Å². The molecule has 1 aromatic rings. The molecule has 88 valence electrons. The van der Waals surface area contributed by atoms with Crippen LogP contribution in [-0.4, -0.2) is 35.2 Å². The van der Waals surface area contributed by atoms with Gasteiger partial charge in [-0.25, -0.2) is 14.4 Å². The maximum absolute atomic E-state index is 11.5. The summed E-state index contributed by atoms with van der Waals surface area (Å²) in [6.45, 7) is 0. The normalized spacial score (nSPS) is 23.4. The molecule has 1 fully saturated rings. The average Bonchev–Trinajstić information content (AvgIpc) is 2.57. The first-order chi connectivity index (χ1) is 8.09. The van der Waals surface area contributed by atoms with E-state index in [0.717, 1.165) is 0 Å². The molecule has 0 aromatic heterocycles. The zero-order chi connectivity index (χ0) is 12.4. The highest BCUT2D eigenvalue weighted by atomic mass is 16.6. The van der Waals surface area contributed by atoms with Gasteiger partial charge in [0.2, 0.25) is 12.2 Å². The van der Waals surface area contributed by atoms with Crippen molar-refractivity contribution in [2.75, 3.05) is 0 Å². The fourth-order valence-corrected chi connectivity index (χ4v) is 1.34. The molecule has 1 N–H and O–H groups in total. The topological polar surface area (TPSA) is 89.9 Å². The summed E-state index contributed by atoms with van der Waals surface area (Å²) in [5.74, 6) is -2.98. The van der Waals surface area contributed by atoms with E-state index in [9.17, 15) is 19.5 Å². The number of carbonyl (C=O) groups is 3. The number of ether oxygens (including phenoxy) is 2. The van der Waals surface area contributed by atoms with E-state index in [2.05, 4.69) is 4.74 Å². The van der Waals surface area contributed by atoms with Gasteiger partial charge in [0.25, 0.3) is 0 Å². The maximum Gasteiger partial charge on any atom is 0.358 e. The molecule has 0 radical (unpaired) electrons. The van der Waals surface area contributed by atoms with Crippen LogP contribution in [0.5, 0.6) is 0 Å². The highest BCUT2D eigenvalue weighted by Crippen LogP contribution is 2.15. The zero-order valence-corrected chi connectivity index (χ0v) is 8.53. The lowest BCUT2D eigenvalue weighted by molar-refractivity contribution is -0.155. The third-order valence-electron chi connectivity index (χ3n) is 2.21. The van der Waals surface area contributed by atoms with Crippen LogP contribution in [0.4, 0.5) is 0 Å². The van der Waals surface area contributed by atoms with Crippen LogP contribution in [0.15, 0.2) is 30.3 Å². The molecule has 0 saturated carbocycles. The summed E-state index contributed by atoms with van der Waals surface area (Å²) in [5, 5.41) is 9.25. The largest absolute Gasteiger partial charge is 0.443 e. The molecule has 2 atom stereocenters. The maximum atomic E-state index is 11.5. The Morgan fingerprint density at radius 1 is 1.18 bits per heavy atom. The van der Waals surface area contributed by atoms with Crippen molar-refractivity contribution in [3.63, 3.8) is 0 Å². The Morgan fingerprint density at radius 2 is 1.82 bits per heavy atom. The van der Waals surface area contributed by atoms with Crippen LogP contribution >= 0.6 is 0 Å². The predicted octanol–water partition coefficient (Wildman–Crippen LogP) is -0.344. The lowest BCUT2D eigenvalue weighted by atomic mass is 10.2. The predicted molar refractivity (Wildman–Crippen MR) is 52.8 cm³/mol. The number of hydrogen-bond donors (Lipinski definition) is 1. The number of hydrogen-bond acceptors (Lipinski definition) is 6. The molecule has 1 aromatic carbocycles. The summed E-state index contributed by atoms with van der Waals surface area (Å²) in [7, 11) is 0. The Labute approximate surface area is 95.8 Å². The molecule has 1 saturated heterocycles. The highest BCUT2D eigenvalue weighted by molar-refractivity contribution is 6.01. The zero-order valence-electron chi connectivity index (χ0n) is 8.53. The summed E-state index contributed by atoms with van der Waals surface area (Å²) in [5.41, 5.74) is 0.215. The summed E-state index contributed by atoms with van der Waals surface area (Å²) >= 11 is 0. The second kappa shape index (κ2) is 4.34. The first-order valence-corrected chi connectivity index (χ1v) is 4.79. The van der Waals surface area contributed by atoms with Gasteiger partial charge in [0.1, 0.15) is 0 Å². The van der Waals surface area contributed by atoms with Crippen LogP contribution in [0.1, 0.15) is 10.4 Å². The molecule has 0 spiro atoms. The molecule has 0 aliphatic carbocycles. The second-order valence-corrected chi connectivity index (χ2v) is 3.38. The molecule has 6 nitrogen and oxygen atoms in total. The monoisotopic (exact) mass is 236 g/mol. The summed E-state index contributed by atoms with van der Waals surface area (Å²) in [6.07, 6.45) is -3.34. The summed E-state index contributed by atoms with van der Waals surface area (Å²) < 4.78 is 8.83. The molecule has 1 aliphatic heterocycles. The average molecular weight is 236 g/mol. The van der Waals surface area contributed by atoms with Gasteiger partial charge in [-0.1, -0.05) is 18.2 Å². The van der Waals surface area contributed by atoms with Gasteiger partial charge < -0.3 is 14.6 Å². The van der Waals surface area contributed by atoms with E-state index in [4.69, 9.17) is 4.74 Å². The lowest BCUT2D eigenvalue weighted by Gasteiger charge is -2.10. The van der Waals surface area contributed by atoms with Crippen LogP contribution in [0.3, 0.4) is 0 Å². The Hall–Kier alpha value is -2.21. The van der Waals surface area contributed by atoms with E-state index in [1.54, 1.807) is 18.2 Å². The van der Waals surface area contributed by atoms with Crippen molar-refractivity contribution in [2.45, 2.75) is 12.2 Å². The third-order valence-corrected chi connectivity index (χ3v) is 2.21. The fraction of sp³-hybridized carbons (Fsp3) is 0.182. The Kier molecular flexibility index (Phi) is 2.88. The molecule has 0 amide bonds. The van der Waals surface area contributed by atoms with Gasteiger partial charge in [0.05, 0.1) is 5.56 Å². The quantitative estimate of drug-likeness (QED) is 0.558. The van der Waals surface area contributed by atoms with Gasteiger partial charge in [-0.2, -0.15) is 0 Å². The van der Waals surface area contributed by atoms with E-state index < -0.39 is 30.1 Å². The molecule has 6 heteroatoms. The minimum atomic E-state index is -1.75. The van der Waals surface area contributed by atoms with Crippen molar-refractivity contribution in [1.82, 2.24) is 0 Å². The number of cyclic esters (lactones) is 2. The van der Waals surface area contributed by atoms with Crippen LogP contribution in [0.25, 0.3) is 0 Å². The van der Waals surface area contributed by atoms with Gasteiger partial charge in [0.15, 0.2) is 0 Å². The first kappa shape index (κ1) is 11.3. The highest BCUT2D eigenvalue weighted by Gasteiger charge is 2.46. The first-order valence-electron chi connectivity index (χ1n) is 4.79. The van der Waals surface area contributed by atoms with Gasteiger partial charge >= 0.3 is 17.9 Å². The van der Waals surface area contributed by atoms with Gasteiger partial charge in [-0.15, -0.1) is 0 Å². The van der Waals surface area contributed by atoms with E-state index >= 15 is 0 Å². The molecular weight excluding hydrogens is 228 g/mol. The molecule has 17 heavy (non-hydrogen) atoms. The number of benzene rings is 1. The Balaban J connectivity index is 2.10. The van der Waals surface area contributed by atoms with Crippen molar-refractivity contribution in [1.29, 1.82) is 0 Å². The SMILES string of the molecule is O=C(O[C@@H]1C(=O)OC(=O)[C@H]1O)c1ccccc1. The van der Waals surface area contributed by atoms with E-state index in [1.807, 2.05) is 0 Å². The van der Waals surface area contributed by atoms with E-state index in [0.29, 0.717) is 0 Å². The van der Waals surface area contributed by atoms with Crippen LogP contribution in [0, 0.1) is 0 Å². The standard InChI is InChI=1S/C11H8O6/c12-7-8(11(15)17-10(7)14)16-9(13)6-4-2-1-3-5-6/h1-5,7-8,12H/t7-,8-/m0/s1. The van der Waals surface area contributed by atoms with Crippen LogP contribution < -0.4 is 0 Å². The number of esters is 3. The molecule has 2 rings (SSSR count). The molecule has 0 unspecified atom stereocenters. The fourth-order valence-electron chi connectivity index (χ4n) is 1.34. The smallest absolute Gasteiger partial charge is 0.358 e. The third kappa shape index (κ3) is 2.16. The number of aliphatic hydroxyl groups excluding tert-OH is 1. The molecular formula is C11H8O6. The van der Waals surface area contributed by atoms with E-state index in [-0.39, 0.29) is 5.56 Å². The minimum absolute atomic E-state index is 0.215. The van der Waals surface area contributed by atoms with Crippen molar-refractivity contribution in [2.24, 2.45) is 0 Å². The van der Waals surface area contributed by atoms with Crippen molar-refractivity contribution >= 4 is 17.9 Å². The lowest BCUT2D eigenvalue weighted by Crippen LogP contribution is -2.33. The number of rotatable bonds is 2. The number of aliphatic hydroxyl groups is 1. The molecule has 1 aliphatic rings. The van der Waals surface area contributed by atoms with Crippen molar-refractivity contribution in [3.05, 3.63) is 35.9 Å². The molecule has 1 heterocycles. The number of carbonyl (C=O) groups excluding carboxylic acids is 3. The Bertz CT molecular complexity index is 466. The van der Waals surface area contributed by atoms with Gasteiger partial charge in [-0.05, 0) is 12.1 Å². The second-order valence-electron chi connectivity index (χ2n) is 3.38. The summed E-state index contributed by atoms with van der Waals surface area (Å²) in [4.78, 5) is 33.5.